The van der Waals surface area contributed by atoms with Gasteiger partial charge in [0.15, 0.2) is 0 Å². The van der Waals surface area contributed by atoms with Crippen molar-refractivity contribution in [2.75, 3.05) is 23.8 Å². The molecule has 172 valence electrons. The van der Waals surface area contributed by atoms with E-state index < -0.39 is 21.5 Å². The lowest BCUT2D eigenvalue weighted by Crippen LogP contribution is -2.67. The molecule has 5 rings (SSSR count). The van der Waals surface area contributed by atoms with Crippen LogP contribution in [0, 0.1) is 0 Å². The highest BCUT2D eigenvalue weighted by Crippen LogP contribution is 2.46. The lowest BCUT2D eigenvalue weighted by atomic mass is 9.87. The molecular weight excluding hydrogens is 442 g/mol. The highest BCUT2D eigenvalue weighted by Gasteiger charge is 2.48. The maximum atomic E-state index is 14.6. The number of anilines is 1. The van der Waals surface area contributed by atoms with Crippen LogP contribution in [0.4, 0.5) is 14.7 Å². The minimum absolute atomic E-state index is 0.150. The summed E-state index contributed by atoms with van der Waals surface area (Å²) in [6.07, 6.45) is -0.185. The molecule has 11 heteroatoms. The summed E-state index contributed by atoms with van der Waals surface area (Å²) in [5.74, 6) is -3.01. The molecule has 2 aliphatic heterocycles. The minimum Gasteiger partial charge on any atom is -0.493 e. The number of nitrogens with two attached hydrogens (primary N) is 1. The van der Waals surface area contributed by atoms with Crippen molar-refractivity contribution >= 4 is 16.0 Å². The molecule has 3 atom stereocenters. The van der Waals surface area contributed by atoms with Crippen molar-refractivity contribution in [2.24, 2.45) is 5.14 Å². The maximum absolute atomic E-state index is 14.6. The van der Waals surface area contributed by atoms with E-state index in [-0.39, 0.29) is 55.3 Å². The standard InChI is InChI=1S/C21H24F2N4O4S/c1-11-20(2,28)10-27(11)19-25-17(15-5-6-21(22,23)18(15)26-19)12-3-4-14-13(9-32(24,29)30)8-31-16(14)7-12/h3-4,7,11,13,28H,5-6,8-10H2,1-2H3,(H2,24,29,30)/t11-,13+,20+/m0/s1. The van der Waals surface area contributed by atoms with Crippen LogP contribution in [0.3, 0.4) is 0 Å². The van der Waals surface area contributed by atoms with Crippen molar-refractivity contribution < 1.29 is 27.0 Å². The minimum atomic E-state index is -3.67. The number of alkyl halides is 2. The molecule has 3 N–H and O–H groups in total. The lowest BCUT2D eigenvalue weighted by molar-refractivity contribution is -0.0113. The van der Waals surface area contributed by atoms with Crippen molar-refractivity contribution in [3.63, 3.8) is 0 Å². The molecule has 3 heterocycles. The Morgan fingerprint density at radius 3 is 2.75 bits per heavy atom. The topological polar surface area (TPSA) is 119 Å². The highest BCUT2D eigenvalue weighted by atomic mass is 32.2. The first-order valence-corrected chi connectivity index (χ1v) is 12.1. The second kappa shape index (κ2) is 6.82. The molecule has 8 nitrogen and oxygen atoms in total. The van der Waals surface area contributed by atoms with Gasteiger partial charge in [0.1, 0.15) is 11.4 Å². The number of rotatable bonds is 4. The summed E-state index contributed by atoms with van der Waals surface area (Å²) >= 11 is 0. The number of nitrogens with zero attached hydrogens (tertiary/aromatic N) is 3. The Morgan fingerprint density at radius 1 is 1.34 bits per heavy atom. The fourth-order valence-electron chi connectivity index (χ4n) is 4.70. The first-order valence-electron chi connectivity index (χ1n) is 10.4. The molecule has 0 spiro atoms. The van der Waals surface area contributed by atoms with Gasteiger partial charge in [0, 0.05) is 29.0 Å². The molecule has 1 aliphatic carbocycles. The van der Waals surface area contributed by atoms with Crippen molar-refractivity contribution in [3.05, 3.63) is 35.0 Å². The summed E-state index contributed by atoms with van der Waals surface area (Å²) in [4.78, 5) is 10.5. The van der Waals surface area contributed by atoms with E-state index in [0.717, 1.165) is 0 Å². The normalized spacial score (nSPS) is 28.1. The predicted molar refractivity (Wildman–Crippen MR) is 113 cm³/mol. The van der Waals surface area contributed by atoms with Crippen LogP contribution in [0.15, 0.2) is 18.2 Å². The van der Waals surface area contributed by atoms with Crippen LogP contribution in [0.25, 0.3) is 11.3 Å². The lowest BCUT2D eigenvalue weighted by Gasteiger charge is -2.51. The van der Waals surface area contributed by atoms with Crippen molar-refractivity contribution in [1.29, 1.82) is 0 Å². The largest absolute Gasteiger partial charge is 0.493 e. The second-order valence-corrected chi connectivity index (χ2v) is 10.8. The Labute approximate surface area is 184 Å². The monoisotopic (exact) mass is 466 g/mol. The highest BCUT2D eigenvalue weighted by molar-refractivity contribution is 7.89. The number of aliphatic hydroxyl groups is 1. The third-order valence-corrected chi connectivity index (χ3v) is 7.61. The first kappa shape index (κ1) is 21.5. The molecule has 1 fully saturated rings. The third kappa shape index (κ3) is 3.43. The van der Waals surface area contributed by atoms with E-state index in [0.29, 0.717) is 28.1 Å². The van der Waals surface area contributed by atoms with Crippen LogP contribution < -0.4 is 14.8 Å². The number of ether oxygens (including phenoxy) is 1. The number of fused-ring (bicyclic) bond motifs is 2. The molecule has 32 heavy (non-hydrogen) atoms. The summed E-state index contributed by atoms with van der Waals surface area (Å²) in [6.45, 7) is 3.92. The first-order chi connectivity index (χ1) is 14.9. The molecule has 1 aromatic heterocycles. The van der Waals surface area contributed by atoms with E-state index in [9.17, 15) is 22.3 Å². The Bertz CT molecular complexity index is 1220. The summed E-state index contributed by atoms with van der Waals surface area (Å²) in [5.41, 5.74) is 0.902. The number of hydrogen-bond donors (Lipinski definition) is 2. The average Bonchev–Trinajstić information content (AvgIpc) is 3.24. The number of sulfonamides is 1. The van der Waals surface area contributed by atoms with Gasteiger partial charge in [0.25, 0.3) is 5.92 Å². The molecular formula is C21H24F2N4O4S. The predicted octanol–water partition coefficient (Wildman–Crippen LogP) is 1.91. The van der Waals surface area contributed by atoms with Gasteiger partial charge in [-0.05, 0) is 26.3 Å². The van der Waals surface area contributed by atoms with Gasteiger partial charge in [0.2, 0.25) is 16.0 Å². The Hall–Kier alpha value is -2.37. The molecule has 3 aliphatic rings. The summed E-state index contributed by atoms with van der Waals surface area (Å²) < 4.78 is 57.9. The molecule has 0 unspecified atom stereocenters. The van der Waals surface area contributed by atoms with Crippen LogP contribution in [0.1, 0.15) is 43.0 Å². The smallest absolute Gasteiger partial charge is 0.290 e. The molecule has 0 bridgehead atoms. The van der Waals surface area contributed by atoms with E-state index in [2.05, 4.69) is 9.97 Å². The van der Waals surface area contributed by atoms with E-state index in [1.54, 1.807) is 36.9 Å². The maximum Gasteiger partial charge on any atom is 0.290 e. The van der Waals surface area contributed by atoms with Gasteiger partial charge in [-0.3, -0.25) is 0 Å². The fraction of sp³-hybridized carbons (Fsp3) is 0.524. The van der Waals surface area contributed by atoms with Crippen molar-refractivity contribution in [2.45, 2.75) is 50.2 Å². The quantitative estimate of drug-likeness (QED) is 0.707. The average molecular weight is 467 g/mol. The second-order valence-electron chi connectivity index (χ2n) is 9.15. The van der Waals surface area contributed by atoms with Crippen molar-refractivity contribution in [3.8, 4) is 17.0 Å². The van der Waals surface area contributed by atoms with E-state index in [4.69, 9.17) is 9.88 Å². The van der Waals surface area contributed by atoms with Crippen molar-refractivity contribution in [1.82, 2.24) is 9.97 Å². The summed E-state index contributed by atoms with van der Waals surface area (Å²) in [6, 6.07) is 4.87. The summed E-state index contributed by atoms with van der Waals surface area (Å²) in [7, 11) is -3.67. The van der Waals surface area contributed by atoms with Gasteiger partial charge in [-0.15, -0.1) is 0 Å². The number of aromatic nitrogens is 2. The third-order valence-electron chi connectivity index (χ3n) is 6.75. The van der Waals surface area contributed by atoms with Gasteiger partial charge >= 0.3 is 0 Å². The molecule has 2 aromatic rings. The molecule has 0 radical (unpaired) electrons. The molecule has 1 aromatic carbocycles. The summed E-state index contributed by atoms with van der Waals surface area (Å²) in [5, 5.41) is 15.5. The molecule has 0 saturated carbocycles. The SMILES string of the molecule is C[C@@H]1N(c2nc(-c3ccc4c(c3)OC[C@@H]4CS(N)(=O)=O)c3c(n2)C(F)(F)CC3)C[C@@]1(C)O. The number of benzene rings is 1. The number of β-amino-alcohol motifs (C(OH)–C–C–N with tert-alkyl or cyclic N) is 1. The number of halogens is 2. The van der Waals surface area contributed by atoms with Gasteiger partial charge in [-0.1, -0.05) is 12.1 Å². The van der Waals surface area contributed by atoms with Gasteiger partial charge < -0.3 is 14.7 Å². The zero-order valence-corrected chi connectivity index (χ0v) is 18.5. The van der Waals surface area contributed by atoms with Crippen LogP contribution in [0.2, 0.25) is 0 Å². The van der Waals surface area contributed by atoms with E-state index in [1.807, 2.05) is 0 Å². The number of hydrogen-bond acceptors (Lipinski definition) is 7. The molecule has 0 amide bonds. The van der Waals surface area contributed by atoms with Crippen LogP contribution in [0.5, 0.6) is 5.75 Å². The van der Waals surface area contributed by atoms with Gasteiger partial charge in [0.05, 0.1) is 36.2 Å². The number of primary sulfonamides is 1. The Balaban J connectivity index is 1.57. The van der Waals surface area contributed by atoms with E-state index in [1.165, 1.54) is 0 Å². The van der Waals surface area contributed by atoms with E-state index >= 15 is 0 Å². The Kier molecular flexibility index (Phi) is 4.57. The zero-order valence-electron chi connectivity index (χ0n) is 17.7. The van der Waals surface area contributed by atoms with Crippen LogP contribution in [-0.4, -0.2) is 54.0 Å². The van der Waals surface area contributed by atoms with Crippen LogP contribution >= 0.6 is 0 Å². The van der Waals surface area contributed by atoms with Gasteiger partial charge in [-0.2, -0.15) is 8.78 Å². The Morgan fingerprint density at radius 2 is 2.09 bits per heavy atom. The van der Waals surface area contributed by atoms with Crippen LogP contribution in [-0.2, 0) is 22.4 Å². The fourth-order valence-corrected chi connectivity index (χ4v) is 5.54. The molecule has 1 saturated heterocycles. The zero-order chi connectivity index (χ0) is 23.1. The van der Waals surface area contributed by atoms with Gasteiger partial charge in [-0.25, -0.2) is 23.5 Å².